The number of hydrogen-bond acceptors (Lipinski definition) is 3. The van der Waals surface area contributed by atoms with Crippen LogP contribution in [0.3, 0.4) is 0 Å². The predicted molar refractivity (Wildman–Crippen MR) is 110 cm³/mol. The van der Waals surface area contributed by atoms with Gasteiger partial charge >= 0.3 is 0 Å². The second-order valence-corrected chi connectivity index (χ2v) is 7.14. The molecule has 4 rings (SSSR count). The van der Waals surface area contributed by atoms with Crippen LogP contribution in [0, 0.1) is 4.77 Å². The van der Waals surface area contributed by atoms with Gasteiger partial charge in [0.2, 0.25) is 0 Å². The molecule has 26 heavy (non-hydrogen) atoms. The summed E-state index contributed by atoms with van der Waals surface area (Å²) in [6.07, 6.45) is 2.18. The van der Waals surface area contributed by atoms with E-state index in [0.717, 1.165) is 37.6 Å². The Balaban J connectivity index is 1.45. The molecule has 0 saturated carbocycles. The van der Waals surface area contributed by atoms with Gasteiger partial charge in [-0.25, -0.2) is 0 Å². The average molecular weight is 365 g/mol. The fourth-order valence-corrected chi connectivity index (χ4v) is 3.77. The third-order valence-corrected chi connectivity index (χ3v) is 5.60. The zero-order chi connectivity index (χ0) is 17.9. The van der Waals surface area contributed by atoms with Crippen LogP contribution in [0.2, 0.25) is 0 Å². The molecule has 1 saturated heterocycles. The van der Waals surface area contributed by atoms with E-state index in [4.69, 9.17) is 12.2 Å². The second-order valence-electron chi connectivity index (χ2n) is 6.77. The van der Waals surface area contributed by atoms with Crippen LogP contribution in [0.25, 0.3) is 11.3 Å². The molecule has 4 nitrogen and oxygen atoms in total. The van der Waals surface area contributed by atoms with Gasteiger partial charge in [-0.1, -0.05) is 48.5 Å². The molecule has 0 spiro atoms. The second kappa shape index (κ2) is 7.48. The Kier molecular flexibility index (Phi) is 4.91. The first-order chi connectivity index (χ1) is 12.7. The summed E-state index contributed by atoms with van der Waals surface area (Å²) in [5, 5.41) is 0. The smallest absolute Gasteiger partial charge is 0.181 e. The van der Waals surface area contributed by atoms with E-state index in [1.165, 1.54) is 16.9 Å². The minimum absolute atomic E-state index is 0.849. The highest BCUT2D eigenvalue weighted by molar-refractivity contribution is 7.71. The van der Waals surface area contributed by atoms with E-state index in [1.54, 1.807) is 0 Å². The zero-order valence-corrected chi connectivity index (χ0v) is 15.9. The summed E-state index contributed by atoms with van der Waals surface area (Å²) in [4.78, 5) is 4.93. The number of hydrogen-bond donors (Lipinski definition) is 0. The Bertz CT molecular complexity index is 906. The Labute approximate surface area is 159 Å². The van der Waals surface area contributed by atoms with Gasteiger partial charge in [-0.05, 0) is 29.9 Å². The SMILES string of the molecule is Cn1c(-c2ccccc2)cn(CN2CCN(c3ccccc3)CC2)c1=S. The quantitative estimate of drug-likeness (QED) is 0.651. The van der Waals surface area contributed by atoms with Crippen molar-refractivity contribution in [2.45, 2.75) is 6.67 Å². The molecule has 0 atom stereocenters. The summed E-state index contributed by atoms with van der Waals surface area (Å²) in [5.74, 6) is 0. The monoisotopic (exact) mass is 364 g/mol. The molecule has 0 unspecified atom stereocenters. The molecule has 3 aromatic rings. The third kappa shape index (κ3) is 3.45. The van der Waals surface area contributed by atoms with Crippen LogP contribution in [0.5, 0.6) is 0 Å². The van der Waals surface area contributed by atoms with Crippen LogP contribution in [-0.2, 0) is 13.7 Å². The van der Waals surface area contributed by atoms with Crippen LogP contribution in [0.15, 0.2) is 66.9 Å². The maximum Gasteiger partial charge on any atom is 0.181 e. The number of anilines is 1. The van der Waals surface area contributed by atoms with E-state index in [2.05, 4.69) is 86.8 Å². The van der Waals surface area contributed by atoms with Gasteiger partial charge in [-0.2, -0.15) is 0 Å². The van der Waals surface area contributed by atoms with E-state index in [1.807, 2.05) is 6.07 Å². The van der Waals surface area contributed by atoms with Crippen LogP contribution in [-0.4, -0.2) is 40.2 Å². The Morgan fingerprint density at radius 2 is 1.46 bits per heavy atom. The summed E-state index contributed by atoms with van der Waals surface area (Å²) in [5.41, 5.74) is 3.68. The highest BCUT2D eigenvalue weighted by Gasteiger charge is 2.18. The summed E-state index contributed by atoms with van der Waals surface area (Å²) in [7, 11) is 2.05. The maximum atomic E-state index is 5.67. The molecule has 0 amide bonds. The molecule has 1 fully saturated rings. The molecule has 0 N–H and O–H groups in total. The number of benzene rings is 2. The van der Waals surface area contributed by atoms with E-state index < -0.39 is 0 Å². The van der Waals surface area contributed by atoms with Crippen molar-refractivity contribution >= 4 is 17.9 Å². The first-order valence-corrected chi connectivity index (χ1v) is 9.47. The van der Waals surface area contributed by atoms with Crippen molar-refractivity contribution in [1.29, 1.82) is 0 Å². The van der Waals surface area contributed by atoms with Gasteiger partial charge in [0.15, 0.2) is 4.77 Å². The topological polar surface area (TPSA) is 16.3 Å². The summed E-state index contributed by atoms with van der Waals surface area (Å²) < 4.78 is 5.16. The van der Waals surface area contributed by atoms with Gasteiger partial charge < -0.3 is 14.0 Å². The molecule has 0 radical (unpaired) electrons. The average Bonchev–Trinajstić information content (AvgIpc) is 2.98. The lowest BCUT2D eigenvalue weighted by Gasteiger charge is -2.36. The van der Waals surface area contributed by atoms with Crippen LogP contribution in [0.1, 0.15) is 0 Å². The highest BCUT2D eigenvalue weighted by Crippen LogP contribution is 2.21. The lowest BCUT2D eigenvalue weighted by atomic mass is 10.2. The van der Waals surface area contributed by atoms with Gasteiger partial charge in [-0.3, -0.25) is 4.90 Å². The number of aromatic nitrogens is 2. The van der Waals surface area contributed by atoms with Gasteiger partial charge in [0.25, 0.3) is 0 Å². The molecule has 1 aliphatic rings. The minimum atomic E-state index is 0.849. The largest absolute Gasteiger partial charge is 0.369 e. The first-order valence-electron chi connectivity index (χ1n) is 9.06. The van der Waals surface area contributed by atoms with Crippen molar-refractivity contribution in [1.82, 2.24) is 14.0 Å². The number of imidazole rings is 1. The highest BCUT2D eigenvalue weighted by atomic mass is 32.1. The lowest BCUT2D eigenvalue weighted by Crippen LogP contribution is -2.46. The van der Waals surface area contributed by atoms with Crippen molar-refractivity contribution < 1.29 is 0 Å². The summed E-state index contributed by atoms with van der Waals surface area (Å²) in [6.45, 7) is 5.05. The van der Waals surface area contributed by atoms with Crippen molar-refractivity contribution in [3.05, 3.63) is 71.6 Å². The molecule has 1 aliphatic heterocycles. The number of para-hydroxylation sites is 1. The van der Waals surface area contributed by atoms with Gasteiger partial charge in [-0.15, -0.1) is 0 Å². The van der Waals surface area contributed by atoms with E-state index >= 15 is 0 Å². The Hall–Kier alpha value is -2.37. The number of rotatable bonds is 4. The van der Waals surface area contributed by atoms with Gasteiger partial charge in [0.1, 0.15) is 0 Å². The first kappa shape index (κ1) is 17.1. The van der Waals surface area contributed by atoms with Crippen molar-refractivity contribution in [2.75, 3.05) is 31.1 Å². The molecule has 0 bridgehead atoms. The summed E-state index contributed by atoms with van der Waals surface area (Å²) in [6, 6.07) is 21.1. The Morgan fingerprint density at radius 1 is 0.846 bits per heavy atom. The number of piperazine rings is 1. The molecule has 1 aromatic heterocycles. The maximum absolute atomic E-state index is 5.67. The minimum Gasteiger partial charge on any atom is -0.369 e. The van der Waals surface area contributed by atoms with Crippen molar-refractivity contribution in [2.24, 2.45) is 7.05 Å². The number of nitrogens with zero attached hydrogens (tertiary/aromatic N) is 4. The zero-order valence-electron chi connectivity index (χ0n) is 15.1. The van der Waals surface area contributed by atoms with Gasteiger partial charge in [0, 0.05) is 45.1 Å². The van der Waals surface area contributed by atoms with E-state index in [9.17, 15) is 0 Å². The lowest BCUT2D eigenvalue weighted by molar-refractivity contribution is 0.204. The molecule has 5 heteroatoms. The van der Waals surface area contributed by atoms with Crippen LogP contribution < -0.4 is 4.90 Å². The molecular formula is C21H24N4S. The molecule has 2 aromatic carbocycles. The Morgan fingerprint density at radius 3 is 2.12 bits per heavy atom. The fraction of sp³-hybridized carbons (Fsp3) is 0.286. The van der Waals surface area contributed by atoms with E-state index in [0.29, 0.717) is 0 Å². The standard InChI is InChI=1S/C21H24N4S/c1-22-20(18-8-4-2-5-9-18)16-25(21(22)26)17-23-12-14-24(15-13-23)19-10-6-3-7-11-19/h2-11,16H,12-15,17H2,1H3. The third-order valence-electron chi connectivity index (χ3n) is 5.09. The van der Waals surface area contributed by atoms with Crippen molar-refractivity contribution in [3.8, 4) is 11.3 Å². The summed E-state index contributed by atoms with van der Waals surface area (Å²) >= 11 is 5.67. The normalized spacial score (nSPS) is 15.3. The van der Waals surface area contributed by atoms with Crippen LogP contribution in [0.4, 0.5) is 5.69 Å². The van der Waals surface area contributed by atoms with Crippen molar-refractivity contribution in [3.63, 3.8) is 0 Å². The van der Waals surface area contributed by atoms with E-state index in [-0.39, 0.29) is 0 Å². The molecule has 2 heterocycles. The molecule has 0 aliphatic carbocycles. The van der Waals surface area contributed by atoms with Crippen LogP contribution >= 0.6 is 12.2 Å². The molecular weight excluding hydrogens is 340 g/mol. The fourth-order valence-electron chi connectivity index (χ4n) is 3.57. The molecule has 134 valence electrons. The van der Waals surface area contributed by atoms with Gasteiger partial charge in [0.05, 0.1) is 12.4 Å². The predicted octanol–water partition coefficient (Wildman–Crippen LogP) is 4.00.